The van der Waals surface area contributed by atoms with E-state index in [0.717, 1.165) is 17.4 Å². The van der Waals surface area contributed by atoms with Crippen LogP contribution in [-0.4, -0.2) is 17.0 Å². The van der Waals surface area contributed by atoms with Gasteiger partial charge in [0.25, 0.3) is 0 Å². The summed E-state index contributed by atoms with van der Waals surface area (Å²) in [4.78, 5) is 4.29. The average molecular weight is 210 g/mol. The van der Waals surface area contributed by atoms with Gasteiger partial charge in [0, 0.05) is 10.9 Å². The van der Waals surface area contributed by atoms with E-state index in [0.29, 0.717) is 5.25 Å². The van der Waals surface area contributed by atoms with Gasteiger partial charge in [-0.3, -0.25) is 4.99 Å². The van der Waals surface area contributed by atoms with Crippen LogP contribution in [0.2, 0.25) is 0 Å². The minimum Gasteiger partial charge on any atom is -0.335 e. The molecule has 0 bridgehead atoms. The van der Waals surface area contributed by atoms with Crippen LogP contribution < -0.4 is 5.32 Å². The number of halogens is 1. The Morgan fingerprint density at radius 2 is 2.43 bits per heavy atom. The van der Waals surface area contributed by atoms with Crippen LogP contribution in [0.1, 0.15) is 6.92 Å². The molecule has 1 N–H and O–H groups in total. The lowest BCUT2D eigenvalue weighted by Crippen LogP contribution is -2.05. The van der Waals surface area contributed by atoms with Crippen molar-refractivity contribution in [1.29, 1.82) is 0 Å². The van der Waals surface area contributed by atoms with Crippen molar-refractivity contribution in [1.82, 2.24) is 0 Å². The first kappa shape index (κ1) is 9.52. The van der Waals surface area contributed by atoms with Crippen molar-refractivity contribution in [2.45, 2.75) is 12.2 Å². The van der Waals surface area contributed by atoms with Crippen molar-refractivity contribution in [3.63, 3.8) is 0 Å². The molecule has 0 amide bonds. The van der Waals surface area contributed by atoms with Gasteiger partial charge in [-0.2, -0.15) is 0 Å². The highest BCUT2D eigenvalue weighted by atomic mass is 32.2. The number of amidine groups is 1. The van der Waals surface area contributed by atoms with Crippen LogP contribution in [0.25, 0.3) is 0 Å². The van der Waals surface area contributed by atoms with E-state index in [1.54, 1.807) is 17.8 Å². The molecule has 1 atom stereocenters. The fourth-order valence-electron chi connectivity index (χ4n) is 1.24. The predicted molar refractivity (Wildman–Crippen MR) is 59.4 cm³/mol. The normalized spacial score (nSPS) is 20.7. The second kappa shape index (κ2) is 4.00. The molecule has 0 saturated heterocycles. The molecule has 0 aliphatic carbocycles. The van der Waals surface area contributed by atoms with E-state index in [2.05, 4.69) is 17.2 Å². The molecule has 0 aromatic heterocycles. The second-order valence-electron chi connectivity index (χ2n) is 3.21. The third-order valence-corrected chi connectivity index (χ3v) is 2.89. The van der Waals surface area contributed by atoms with Gasteiger partial charge in [-0.25, -0.2) is 4.39 Å². The van der Waals surface area contributed by atoms with Crippen molar-refractivity contribution in [3.8, 4) is 0 Å². The van der Waals surface area contributed by atoms with Crippen LogP contribution in [0.4, 0.5) is 10.1 Å². The standard InChI is InChI=1S/C10H11FN2S/c1-7-6-12-10(14-7)13-9-4-2-3-8(11)5-9/h2-5,7H,6H2,1H3,(H,12,13)/t7-/m1/s1. The van der Waals surface area contributed by atoms with Crippen LogP contribution in [0.5, 0.6) is 0 Å². The summed E-state index contributed by atoms with van der Waals surface area (Å²) in [6, 6.07) is 6.40. The number of benzene rings is 1. The van der Waals surface area contributed by atoms with Crippen molar-refractivity contribution in [2.75, 3.05) is 11.9 Å². The minimum absolute atomic E-state index is 0.230. The molecule has 2 nitrogen and oxygen atoms in total. The number of thioether (sulfide) groups is 1. The summed E-state index contributed by atoms with van der Waals surface area (Å²) < 4.78 is 12.8. The molecular formula is C10H11FN2S. The Labute approximate surface area is 86.6 Å². The molecule has 0 unspecified atom stereocenters. The molecule has 1 aliphatic heterocycles. The number of hydrogen-bond donors (Lipinski definition) is 1. The number of nitrogens with one attached hydrogen (secondary N) is 1. The monoisotopic (exact) mass is 210 g/mol. The van der Waals surface area contributed by atoms with E-state index in [1.165, 1.54) is 12.1 Å². The summed E-state index contributed by atoms with van der Waals surface area (Å²) in [7, 11) is 0. The largest absolute Gasteiger partial charge is 0.335 e. The fraction of sp³-hybridized carbons (Fsp3) is 0.300. The molecule has 2 rings (SSSR count). The summed E-state index contributed by atoms with van der Waals surface area (Å²) >= 11 is 1.68. The highest BCUT2D eigenvalue weighted by Gasteiger charge is 2.14. The minimum atomic E-state index is -0.230. The Balaban J connectivity index is 2.04. The average Bonchev–Trinajstić information content (AvgIpc) is 2.51. The van der Waals surface area contributed by atoms with Gasteiger partial charge in [0.2, 0.25) is 0 Å². The lowest BCUT2D eigenvalue weighted by atomic mass is 10.3. The smallest absolute Gasteiger partial charge is 0.161 e. The second-order valence-corrected chi connectivity index (χ2v) is 4.64. The van der Waals surface area contributed by atoms with E-state index in [4.69, 9.17) is 0 Å². The molecule has 1 aromatic rings. The first-order valence-electron chi connectivity index (χ1n) is 4.48. The summed E-state index contributed by atoms with van der Waals surface area (Å²) in [5.74, 6) is -0.230. The van der Waals surface area contributed by atoms with Gasteiger partial charge in [-0.1, -0.05) is 24.8 Å². The molecule has 0 fully saturated rings. The molecule has 1 heterocycles. The first-order valence-corrected chi connectivity index (χ1v) is 5.36. The topological polar surface area (TPSA) is 24.4 Å². The van der Waals surface area contributed by atoms with E-state index in [-0.39, 0.29) is 5.82 Å². The number of aliphatic imine (C=N–C) groups is 1. The van der Waals surface area contributed by atoms with Gasteiger partial charge >= 0.3 is 0 Å². The quantitative estimate of drug-likeness (QED) is 0.770. The lowest BCUT2D eigenvalue weighted by molar-refractivity contribution is 0.628. The number of nitrogens with zero attached hydrogens (tertiary/aromatic N) is 1. The Bertz CT molecular complexity index is 365. The Morgan fingerprint density at radius 3 is 3.07 bits per heavy atom. The van der Waals surface area contributed by atoms with Crippen LogP contribution >= 0.6 is 11.8 Å². The van der Waals surface area contributed by atoms with Crippen LogP contribution in [0.3, 0.4) is 0 Å². The molecule has 14 heavy (non-hydrogen) atoms. The maximum Gasteiger partial charge on any atom is 0.161 e. The fourth-order valence-corrected chi connectivity index (χ4v) is 2.09. The van der Waals surface area contributed by atoms with E-state index in [9.17, 15) is 4.39 Å². The van der Waals surface area contributed by atoms with Gasteiger partial charge in [0.05, 0.1) is 6.54 Å². The molecule has 74 valence electrons. The molecular weight excluding hydrogens is 199 g/mol. The van der Waals surface area contributed by atoms with Gasteiger partial charge in [0.1, 0.15) is 5.82 Å². The highest BCUT2D eigenvalue weighted by molar-refractivity contribution is 8.15. The van der Waals surface area contributed by atoms with Crippen molar-refractivity contribution in [2.24, 2.45) is 4.99 Å². The maximum atomic E-state index is 12.8. The first-order chi connectivity index (χ1) is 6.74. The van der Waals surface area contributed by atoms with Crippen LogP contribution in [0.15, 0.2) is 29.3 Å². The molecule has 1 aromatic carbocycles. The summed E-state index contributed by atoms with van der Waals surface area (Å²) in [6.45, 7) is 2.96. The SMILES string of the molecule is C[C@@H]1CN=C(Nc2cccc(F)c2)S1. The van der Waals surface area contributed by atoms with Gasteiger partial charge in [-0.15, -0.1) is 0 Å². The van der Waals surface area contributed by atoms with Gasteiger partial charge in [-0.05, 0) is 18.2 Å². The summed E-state index contributed by atoms with van der Waals surface area (Å²) in [5, 5.41) is 4.48. The third kappa shape index (κ3) is 2.26. The Kier molecular flexibility index (Phi) is 2.72. The van der Waals surface area contributed by atoms with Crippen molar-refractivity contribution >= 4 is 22.6 Å². The summed E-state index contributed by atoms with van der Waals surface area (Å²) in [6.07, 6.45) is 0. The summed E-state index contributed by atoms with van der Waals surface area (Å²) in [5.41, 5.74) is 0.755. The van der Waals surface area contributed by atoms with Gasteiger partial charge in [0.15, 0.2) is 5.17 Å². The Hall–Kier alpha value is -1.03. The molecule has 0 spiro atoms. The van der Waals surface area contributed by atoms with E-state index >= 15 is 0 Å². The van der Waals surface area contributed by atoms with Gasteiger partial charge < -0.3 is 5.32 Å². The van der Waals surface area contributed by atoms with E-state index in [1.807, 2.05) is 6.07 Å². The van der Waals surface area contributed by atoms with E-state index < -0.39 is 0 Å². The molecule has 4 heteroatoms. The van der Waals surface area contributed by atoms with Crippen molar-refractivity contribution < 1.29 is 4.39 Å². The molecule has 0 radical (unpaired) electrons. The molecule has 1 aliphatic rings. The lowest BCUT2D eigenvalue weighted by Gasteiger charge is -2.05. The maximum absolute atomic E-state index is 12.8. The zero-order valence-electron chi connectivity index (χ0n) is 7.83. The zero-order valence-corrected chi connectivity index (χ0v) is 8.64. The predicted octanol–water partition coefficient (Wildman–Crippen LogP) is 2.73. The number of rotatable bonds is 1. The molecule has 0 saturated carbocycles. The van der Waals surface area contributed by atoms with Crippen LogP contribution in [-0.2, 0) is 0 Å². The number of anilines is 1. The highest BCUT2D eigenvalue weighted by Crippen LogP contribution is 2.22. The van der Waals surface area contributed by atoms with Crippen molar-refractivity contribution in [3.05, 3.63) is 30.1 Å². The third-order valence-electron chi connectivity index (χ3n) is 1.88. The zero-order chi connectivity index (χ0) is 9.97. The Morgan fingerprint density at radius 1 is 1.57 bits per heavy atom. The number of hydrogen-bond acceptors (Lipinski definition) is 3. The van der Waals surface area contributed by atoms with Crippen LogP contribution in [0, 0.1) is 5.82 Å².